The van der Waals surface area contributed by atoms with Gasteiger partial charge in [0.1, 0.15) is 0 Å². The molecular weight excluding hydrogens is 268 g/mol. The molecule has 118 valence electrons. The molecule has 21 heavy (non-hydrogen) atoms. The molecule has 2 fully saturated rings. The lowest BCUT2D eigenvalue weighted by Gasteiger charge is -2.37. The van der Waals surface area contributed by atoms with Gasteiger partial charge in [0.2, 0.25) is 5.89 Å². The summed E-state index contributed by atoms with van der Waals surface area (Å²) in [7, 11) is 0. The summed E-state index contributed by atoms with van der Waals surface area (Å²) in [4.78, 5) is 7.03. The maximum absolute atomic E-state index is 5.65. The second-order valence-corrected chi connectivity index (χ2v) is 6.44. The van der Waals surface area contributed by atoms with Crippen molar-refractivity contribution < 1.29 is 9.26 Å². The standard InChI is InChI=1S/C15H26N4O2/c1-11(2)15-17-14(18-21-15)13-10-20-7-6-19(13)9-12-4-3-5-16-8-12/h11-13,16H,3-10H2,1-2H3. The molecule has 0 aliphatic carbocycles. The van der Waals surface area contributed by atoms with Crippen LogP contribution in [0, 0.1) is 5.92 Å². The summed E-state index contributed by atoms with van der Waals surface area (Å²) >= 11 is 0. The second-order valence-electron chi connectivity index (χ2n) is 6.44. The molecule has 2 saturated heterocycles. The van der Waals surface area contributed by atoms with Crippen molar-refractivity contribution in [3.63, 3.8) is 0 Å². The predicted molar refractivity (Wildman–Crippen MR) is 79.1 cm³/mol. The van der Waals surface area contributed by atoms with Crippen molar-refractivity contribution in [2.24, 2.45) is 5.92 Å². The molecule has 1 aromatic rings. The first-order valence-corrected chi connectivity index (χ1v) is 8.10. The van der Waals surface area contributed by atoms with Crippen LogP contribution in [0.25, 0.3) is 0 Å². The molecule has 1 N–H and O–H groups in total. The summed E-state index contributed by atoms with van der Waals surface area (Å²) in [6.07, 6.45) is 2.58. The fourth-order valence-electron chi connectivity index (χ4n) is 3.12. The molecule has 1 aromatic heterocycles. The third-order valence-electron chi connectivity index (χ3n) is 4.38. The van der Waals surface area contributed by atoms with E-state index in [1.54, 1.807) is 0 Å². The summed E-state index contributed by atoms with van der Waals surface area (Å²) in [6.45, 7) is 9.92. The van der Waals surface area contributed by atoms with E-state index >= 15 is 0 Å². The molecule has 0 spiro atoms. The lowest BCUT2D eigenvalue weighted by molar-refractivity contribution is -0.0206. The minimum atomic E-state index is 0.136. The maximum Gasteiger partial charge on any atom is 0.229 e. The van der Waals surface area contributed by atoms with Crippen LogP contribution in [0.15, 0.2) is 4.52 Å². The predicted octanol–water partition coefficient (Wildman–Crippen LogP) is 1.57. The molecule has 0 saturated carbocycles. The monoisotopic (exact) mass is 294 g/mol. The van der Waals surface area contributed by atoms with Crippen LogP contribution < -0.4 is 5.32 Å². The zero-order chi connectivity index (χ0) is 14.7. The minimum absolute atomic E-state index is 0.136. The lowest BCUT2D eigenvalue weighted by Crippen LogP contribution is -2.45. The Balaban J connectivity index is 1.67. The Labute approximate surface area is 126 Å². The summed E-state index contributed by atoms with van der Waals surface area (Å²) in [6, 6.07) is 0.136. The highest BCUT2D eigenvalue weighted by Gasteiger charge is 2.31. The topological polar surface area (TPSA) is 63.4 Å². The molecule has 0 aromatic carbocycles. The van der Waals surface area contributed by atoms with Gasteiger partial charge in [-0.3, -0.25) is 4.90 Å². The molecule has 2 aliphatic rings. The Kier molecular flexibility index (Phi) is 4.87. The molecule has 0 amide bonds. The van der Waals surface area contributed by atoms with Crippen molar-refractivity contribution in [3.05, 3.63) is 11.7 Å². The van der Waals surface area contributed by atoms with E-state index in [2.05, 4.69) is 34.2 Å². The molecule has 3 rings (SSSR count). The number of rotatable bonds is 4. The van der Waals surface area contributed by atoms with Crippen molar-refractivity contribution in [1.82, 2.24) is 20.4 Å². The summed E-state index contributed by atoms with van der Waals surface area (Å²) < 4.78 is 11.0. The van der Waals surface area contributed by atoms with Gasteiger partial charge >= 0.3 is 0 Å². The van der Waals surface area contributed by atoms with Gasteiger partial charge in [-0.15, -0.1) is 0 Å². The SMILES string of the molecule is CC(C)c1nc(C2COCCN2CC2CCCNC2)no1. The zero-order valence-corrected chi connectivity index (χ0v) is 13.0. The Morgan fingerprint density at radius 3 is 3.05 bits per heavy atom. The van der Waals surface area contributed by atoms with Gasteiger partial charge in [-0.2, -0.15) is 4.98 Å². The highest BCUT2D eigenvalue weighted by Crippen LogP contribution is 2.25. The zero-order valence-electron chi connectivity index (χ0n) is 13.0. The minimum Gasteiger partial charge on any atom is -0.378 e. The molecule has 2 aliphatic heterocycles. The number of piperidine rings is 1. The number of nitrogens with zero attached hydrogens (tertiary/aromatic N) is 3. The molecular formula is C15H26N4O2. The first-order chi connectivity index (χ1) is 10.2. The Morgan fingerprint density at radius 2 is 2.33 bits per heavy atom. The van der Waals surface area contributed by atoms with Gasteiger partial charge in [0.05, 0.1) is 19.3 Å². The maximum atomic E-state index is 5.65. The third kappa shape index (κ3) is 3.62. The van der Waals surface area contributed by atoms with Crippen molar-refractivity contribution in [3.8, 4) is 0 Å². The highest BCUT2D eigenvalue weighted by molar-refractivity contribution is 4.99. The highest BCUT2D eigenvalue weighted by atomic mass is 16.5. The molecule has 2 unspecified atom stereocenters. The average Bonchev–Trinajstić information content (AvgIpc) is 2.99. The number of morpholine rings is 1. The normalized spacial score (nSPS) is 28.1. The number of hydrogen-bond donors (Lipinski definition) is 1. The molecule has 6 heteroatoms. The number of aromatic nitrogens is 2. The molecule has 3 heterocycles. The van der Waals surface area contributed by atoms with E-state index in [0.29, 0.717) is 6.61 Å². The van der Waals surface area contributed by atoms with E-state index in [4.69, 9.17) is 9.26 Å². The van der Waals surface area contributed by atoms with Crippen molar-refractivity contribution in [1.29, 1.82) is 0 Å². The summed E-state index contributed by atoms with van der Waals surface area (Å²) in [5.74, 6) is 2.49. The van der Waals surface area contributed by atoms with Gasteiger partial charge in [-0.25, -0.2) is 0 Å². The van der Waals surface area contributed by atoms with Crippen LogP contribution in [-0.2, 0) is 4.74 Å². The first-order valence-electron chi connectivity index (χ1n) is 8.10. The van der Waals surface area contributed by atoms with Crippen LogP contribution in [0.4, 0.5) is 0 Å². The van der Waals surface area contributed by atoms with Crippen LogP contribution in [0.5, 0.6) is 0 Å². The molecule has 0 bridgehead atoms. The van der Waals surface area contributed by atoms with Crippen molar-refractivity contribution in [2.75, 3.05) is 39.4 Å². The number of nitrogens with one attached hydrogen (secondary N) is 1. The van der Waals surface area contributed by atoms with Gasteiger partial charge in [0.25, 0.3) is 0 Å². The van der Waals surface area contributed by atoms with E-state index in [-0.39, 0.29) is 12.0 Å². The first kappa shape index (κ1) is 14.9. The van der Waals surface area contributed by atoms with E-state index in [1.165, 1.54) is 12.8 Å². The third-order valence-corrected chi connectivity index (χ3v) is 4.38. The fourth-order valence-corrected chi connectivity index (χ4v) is 3.12. The van der Waals surface area contributed by atoms with E-state index < -0.39 is 0 Å². The summed E-state index contributed by atoms with van der Waals surface area (Å²) in [5, 5.41) is 7.67. The molecule has 6 nitrogen and oxygen atoms in total. The molecule has 0 radical (unpaired) electrons. The number of ether oxygens (including phenoxy) is 1. The number of hydrogen-bond acceptors (Lipinski definition) is 6. The van der Waals surface area contributed by atoms with Crippen LogP contribution in [-0.4, -0.2) is 54.4 Å². The van der Waals surface area contributed by atoms with Gasteiger partial charge in [-0.1, -0.05) is 19.0 Å². The largest absolute Gasteiger partial charge is 0.378 e. The van der Waals surface area contributed by atoms with Crippen LogP contribution in [0.3, 0.4) is 0 Å². The van der Waals surface area contributed by atoms with Gasteiger partial charge in [0, 0.05) is 19.0 Å². The van der Waals surface area contributed by atoms with Crippen molar-refractivity contribution >= 4 is 0 Å². The average molecular weight is 294 g/mol. The summed E-state index contributed by atoms with van der Waals surface area (Å²) in [5.41, 5.74) is 0. The van der Waals surface area contributed by atoms with Crippen LogP contribution in [0.2, 0.25) is 0 Å². The molecule has 2 atom stereocenters. The van der Waals surface area contributed by atoms with Gasteiger partial charge < -0.3 is 14.6 Å². The Morgan fingerprint density at radius 1 is 1.43 bits per heavy atom. The van der Waals surface area contributed by atoms with E-state index in [1.807, 2.05) is 0 Å². The lowest BCUT2D eigenvalue weighted by atomic mass is 9.98. The van der Waals surface area contributed by atoms with Gasteiger partial charge in [-0.05, 0) is 31.8 Å². The Hall–Kier alpha value is -0.980. The second kappa shape index (κ2) is 6.85. The van der Waals surface area contributed by atoms with E-state index in [0.717, 1.165) is 50.4 Å². The van der Waals surface area contributed by atoms with E-state index in [9.17, 15) is 0 Å². The fraction of sp³-hybridized carbons (Fsp3) is 0.867. The quantitative estimate of drug-likeness (QED) is 0.909. The van der Waals surface area contributed by atoms with Crippen LogP contribution >= 0.6 is 0 Å². The smallest absolute Gasteiger partial charge is 0.229 e. The van der Waals surface area contributed by atoms with Crippen molar-refractivity contribution in [2.45, 2.75) is 38.6 Å². The van der Waals surface area contributed by atoms with Gasteiger partial charge in [0.15, 0.2) is 5.82 Å². The Bertz CT molecular complexity index is 443. The van der Waals surface area contributed by atoms with Crippen LogP contribution in [0.1, 0.15) is 50.4 Å².